The monoisotopic (exact) mass is 383 g/mol. The molecule has 1 aromatic carbocycles. The normalized spacial score (nSPS) is 26.9. The molecular formula is C26H41NO. The second kappa shape index (κ2) is 9.96. The Morgan fingerprint density at radius 1 is 1.07 bits per heavy atom. The minimum Gasteiger partial charge on any atom is -0.494 e. The van der Waals surface area contributed by atoms with Gasteiger partial charge in [-0.2, -0.15) is 0 Å². The Morgan fingerprint density at radius 2 is 1.79 bits per heavy atom. The summed E-state index contributed by atoms with van der Waals surface area (Å²) in [6, 6.07) is 9.06. The molecule has 0 N–H and O–H groups in total. The van der Waals surface area contributed by atoms with Crippen LogP contribution in [0.3, 0.4) is 0 Å². The van der Waals surface area contributed by atoms with Crippen LogP contribution in [-0.4, -0.2) is 31.1 Å². The number of benzene rings is 1. The highest BCUT2D eigenvalue weighted by atomic mass is 16.5. The summed E-state index contributed by atoms with van der Waals surface area (Å²) in [4.78, 5) is 2.60. The number of piperidine rings is 1. The highest BCUT2D eigenvalue weighted by Gasteiger charge is 2.35. The Balaban J connectivity index is 1.51. The quantitative estimate of drug-likeness (QED) is 0.370. The summed E-state index contributed by atoms with van der Waals surface area (Å²) in [6.45, 7) is 13.9. The minimum atomic E-state index is 0.309. The first-order chi connectivity index (χ1) is 13.5. The van der Waals surface area contributed by atoms with Gasteiger partial charge in [-0.1, -0.05) is 51.5 Å². The van der Waals surface area contributed by atoms with Crippen molar-refractivity contribution >= 4 is 0 Å². The molecule has 1 heterocycles. The lowest BCUT2D eigenvalue weighted by Crippen LogP contribution is -2.34. The fourth-order valence-electron chi connectivity index (χ4n) is 5.25. The number of rotatable bonds is 8. The van der Waals surface area contributed by atoms with Gasteiger partial charge in [0.1, 0.15) is 5.75 Å². The van der Waals surface area contributed by atoms with Crippen molar-refractivity contribution in [1.29, 1.82) is 0 Å². The molecule has 2 aliphatic rings. The maximum atomic E-state index is 6.05. The third-order valence-electron chi connectivity index (χ3n) is 7.16. The molecule has 2 heteroatoms. The highest BCUT2D eigenvalue weighted by molar-refractivity contribution is 5.35. The van der Waals surface area contributed by atoms with Crippen molar-refractivity contribution in [1.82, 2.24) is 4.90 Å². The molecule has 2 atom stereocenters. The Kier molecular flexibility index (Phi) is 7.62. The van der Waals surface area contributed by atoms with Crippen molar-refractivity contribution in [3.63, 3.8) is 0 Å². The van der Waals surface area contributed by atoms with Crippen LogP contribution >= 0.6 is 0 Å². The third-order valence-corrected chi connectivity index (χ3v) is 7.16. The van der Waals surface area contributed by atoms with E-state index in [0.717, 1.165) is 24.7 Å². The van der Waals surface area contributed by atoms with E-state index in [9.17, 15) is 0 Å². The van der Waals surface area contributed by atoms with Gasteiger partial charge in [0.2, 0.25) is 0 Å². The summed E-state index contributed by atoms with van der Waals surface area (Å²) in [5, 5.41) is 0. The lowest BCUT2D eigenvalue weighted by Gasteiger charge is -2.40. The van der Waals surface area contributed by atoms with Crippen LogP contribution in [0.25, 0.3) is 0 Å². The number of hydrogen-bond acceptors (Lipinski definition) is 2. The summed E-state index contributed by atoms with van der Waals surface area (Å²) in [6.07, 6.45) is 11.2. The molecule has 28 heavy (non-hydrogen) atoms. The van der Waals surface area contributed by atoms with Gasteiger partial charge < -0.3 is 9.64 Å². The second-order valence-corrected chi connectivity index (χ2v) is 9.42. The van der Waals surface area contributed by atoms with Crippen molar-refractivity contribution in [2.24, 2.45) is 11.8 Å². The van der Waals surface area contributed by atoms with Crippen LogP contribution in [-0.2, 0) is 5.41 Å². The van der Waals surface area contributed by atoms with E-state index in [1.54, 1.807) is 5.57 Å². The van der Waals surface area contributed by atoms with Gasteiger partial charge in [0.05, 0.1) is 6.61 Å². The van der Waals surface area contributed by atoms with Crippen molar-refractivity contribution < 1.29 is 4.74 Å². The van der Waals surface area contributed by atoms with Crippen molar-refractivity contribution in [3.05, 3.63) is 41.5 Å². The fraction of sp³-hybridized carbons (Fsp3) is 0.692. The summed E-state index contributed by atoms with van der Waals surface area (Å²) in [5.74, 6) is 2.61. The molecule has 2 unspecified atom stereocenters. The fourth-order valence-corrected chi connectivity index (χ4v) is 5.25. The maximum absolute atomic E-state index is 6.05. The molecule has 0 aromatic heterocycles. The number of nitrogens with zero attached hydrogens (tertiary/aromatic N) is 1. The van der Waals surface area contributed by atoms with Crippen LogP contribution < -0.4 is 4.74 Å². The molecule has 0 amide bonds. The topological polar surface area (TPSA) is 12.5 Å². The van der Waals surface area contributed by atoms with Crippen LogP contribution in [0.5, 0.6) is 5.75 Å². The van der Waals surface area contributed by atoms with Crippen LogP contribution in [0.4, 0.5) is 0 Å². The molecule has 0 radical (unpaired) electrons. The van der Waals surface area contributed by atoms with E-state index in [1.165, 1.54) is 63.7 Å². The van der Waals surface area contributed by atoms with E-state index in [0.29, 0.717) is 11.3 Å². The van der Waals surface area contributed by atoms with Crippen LogP contribution in [0.2, 0.25) is 0 Å². The molecular weight excluding hydrogens is 342 g/mol. The number of ether oxygens (including phenoxy) is 1. The average molecular weight is 384 g/mol. The molecule has 1 aliphatic carbocycles. The van der Waals surface area contributed by atoms with Gasteiger partial charge in [0, 0.05) is 6.54 Å². The first kappa shape index (κ1) is 21.4. The summed E-state index contributed by atoms with van der Waals surface area (Å²) < 4.78 is 6.05. The van der Waals surface area contributed by atoms with Gasteiger partial charge in [-0.3, -0.25) is 0 Å². The molecule has 0 bridgehead atoms. The van der Waals surface area contributed by atoms with Crippen LogP contribution in [0.15, 0.2) is 35.9 Å². The molecule has 1 fully saturated rings. The zero-order valence-electron chi connectivity index (χ0n) is 18.7. The van der Waals surface area contributed by atoms with E-state index in [1.807, 2.05) is 0 Å². The molecule has 3 rings (SSSR count). The Morgan fingerprint density at radius 3 is 2.43 bits per heavy atom. The van der Waals surface area contributed by atoms with E-state index in [-0.39, 0.29) is 0 Å². The third kappa shape index (κ3) is 5.41. The van der Waals surface area contributed by atoms with E-state index < -0.39 is 0 Å². The predicted octanol–water partition coefficient (Wildman–Crippen LogP) is 6.60. The Bertz CT molecular complexity index is 626. The standard InChI is InChI=1S/C26H41NO/c1-5-23-18-22(4)19-26(6-2,20-23)24-8-10-25(11-9-24)28-17-7-14-27-15-12-21(3)13-16-27/h8-11,18,21-22H,5-7,12-17,19-20H2,1-4H3. The molecule has 0 saturated carbocycles. The van der Waals surface area contributed by atoms with Crippen molar-refractivity contribution in [2.75, 3.05) is 26.2 Å². The molecule has 0 spiro atoms. The van der Waals surface area contributed by atoms with E-state index in [4.69, 9.17) is 4.74 Å². The first-order valence-corrected chi connectivity index (χ1v) is 11.7. The van der Waals surface area contributed by atoms with Crippen molar-refractivity contribution in [2.45, 2.75) is 78.1 Å². The lowest BCUT2D eigenvalue weighted by molar-refractivity contribution is 0.177. The molecule has 2 nitrogen and oxygen atoms in total. The SMILES string of the molecule is CCC1=CC(C)CC(CC)(c2ccc(OCCCN3CCC(C)CC3)cc2)C1. The molecule has 1 aromatic rings. The smallest absolute Gasteiger partial charge is 0.119 e. The predicted molar refractivity (Wildman–Crippen MR) is 120 cm³/mol. The maximum Gasteiger partial charge on any atom is 0.119 e. The largest absolute Gasteiger partial charge is 0.494 e. The first-order valence-electron chi connectivity index (χ1n) is 11.7. The van der Waals surface area contributed by atoms with E-state index >= 15 is 0 Å². The molecule has 156 valence electrons. The summed E-state index contributed by atoms with van der Waals surface area (Å²) in [7, 11) is 0. The van der Waals surface area contributed by atoms with Gasteiger partial charge in [0.25, 0.3) is 0 Å². The van der Waals surface area contributed by atoms with Gasteiger partial charge in [-0.05, 0) is 93.0 Å². The second-order valence-electron chi connectivity index (χ2n) is 9.42. The Hall–Kier alpha value is -1.28. The van der Waals surface area contributed by atoms with Gasteiger partial charge in [-0.15, -0.1) is 0 Å². The average Bonchev–Trinajstić information content (AvgIpc) is 2.72. The van der Waals surface area contributed by atoms with Crippen LogP contribution in [0, 0.1) is 11.8 Å². The zero-order chi connectivity index (χ0) is 20.0. The lowest BCUT2D eigenvalue weighted by atomic mass is 9.65. The summed E-state index contributed by atoms with van der Waals surface area (Å²) in [5.41, 5.74) is 3.44. The van der Waals surface area contributed by atoms with Crippen LogP contribution in [0.1, 0.15) is 78.2 Å². The van der Waals surface area contributed by atoms with E-state index in [2.05, 4.69) is 62.9 Å². The molecule has 1 aliphatic heterocycles. The van der Waals surface area contributed by atoms with Gasteiger partial charge >= 0.3 is 0 Å². The summed E-state index contributed by atoms with van der Waals surface area (Å²) >= 11 is 0. The molecule has 1 saturated heterocycles. The van der Waals surface area contributed by atoms with Gasteiger partial charge in [-0.25, -0.2) is 0 Å². The van der Waals surface area contributed by atoms with Gasteiger partial charge in [0.15, 0.2) is 0 Å². The zero-order valence-corrected chi connectivity index (χ0v) is 18.7. The minimum absolute atomic E-state index is 0.309. The number of hydrogen-bond donors (Lipinski definition) is 0. The Labute approximate surface area is 173 Å². The van der Waals surface area contributed by atoms with Crippen molar-refractivity contribution in [3.8, 4) is 5.75 Å². The highest BCUT2D eigenvalue weighted by Crippen LogP contribution is 2.45. The number of allylic oxidation sites excluding steroid dienone is 2. The number of likely N-dealkylation sites (tertiary alicyclic amines) is 1.